The number of hydrogen-bond acceptors (Lipinski definition) is 3. The molecule has 0 spiro atoms. The van der Waals surface area contributed by atoms with Gasteiger partial charge in [0.2, 0.25) is 0 Å². The van der Waals surface area contributed by atoms with Gasteiger partial charge >= 0.3 is 0 Å². The molecule has 5 heteroatoms. The molecular formula is C21H23N3O2. The van der Waals surface area contributed by atoms with Crippen molar-refractivity contribution in [2.45, 2.75) is 0 Å². The maximum absolute atomic E-state index is 12.9. The second kappa shape index (κ2) is 6.84. The summed E-state index contributed by atoms with van der Waals surface area (Å²) in [7, 11) is 4.04. The van der Waals surface area contributed by atoms with Gasteiger partial charge in [-0.15, -0.1) is 0 Å². The third-order valence-corrected chi connectivity index (χ3v) is 5.00. The molecule has 3 aromatic rings. The molecule has 134 valence electrons. The second-order valence-electron chi connectivity index (χ2n) is 6.82. The molecule has 1 saturated heterocycles. The molecule has 1 fully saturated rings. The fraction of sp³-hybridized carbons (Fsp3) is 0.286. The lowest BCUT2D eigenvalue weighted by atomic mass is 10.2. The third-order valence-electron chi connectivity index (χ3n) is 5.00. The number of amides is 1. The van der Waals surface area contributed by atoms with Crippen LogP contribution in [-0.2, 0) is 7.05 Å². The van der Waals surface area contributed by atoms with Crippen LogP contribution in [0.1, 0.15) is 10.5 Å². The number of nitrogens with zero attached hydrogens (tertiary/aromatic N) is 3. The van der Waals surface area contributed by atoms with Crippen molar-refractivity contribution >= 4 is 16.8 Å². The van der Waals surface area contributed by atoms with Gasteiger partial charge in [-0.1, -0.05) is 18.2 Å². The van der Waals surface area contributed by atoms with E-state index in [1.54, 1.807) is 0 Å². The Morgan fingerprint density at radius 3 is 2.35 bits per heavy atom. The van der Waals surface area contributed by atoms with E-state index in [4.69, 9.17) is 4.74 Å². The van der Waals surface area contributed by atoms with Crippen molar-refractivity contribution in [2.75, 3.05) is 33.2 Å². The minimum Gasteiger partial charge on any atom is -0.457 e. The first-order chi connectivity index (χ1) is 12.6. The molecule has 4 rings (SSSR count). The van der Waals surface area contributed by atoms with Gasteiger partial charge in [-0.05, 0) is 43.4 Å². The molecule has 0 saturated carbocycles. The van der Waals surface area contributed by atoms with Gasteiger partial charge in [0.05, 0.1) is 0 Å². The molecule has 0 atom stereocenters. The van der Waals surface area contributed by atoms with Crippen LogP contribution in [0.3, 0.4) is 0 Å². The molecule has 1 aliphatic rings. The molecule has 5 nitrogen and oxygen atoms in total. The van der Waals surface area contributed by atoms with Gasteiger partial charge in [0.15, 0.2) is 0 Å². The monoisotopic (exact) mass is 349 g/mol. The van der Waals surface area contributed by atoms with E-state index in [-0.39, 0.29) is 5.91 Å². The Labute approximate surface area is 153 Å². The summed E-state index contributed by atoms with van der Waals surface area (Å²) < 4.78 is 7.89. The van der Waals surface area contributed by atoms with Crippen molar-refractivity contribution < 1.29 is 9.53 Å². The van der Waals surface area contributed by atoms with Crippen molar-refractivity contribution in [3.63, 3.8) is 0 Å². The molecule has 0 unspecified atom stereocenters. The summed E-state index contributed by atoms with van der Waals surface area (Å²) in [5, 5.41) is 1.01. The maximum atomic E-state index is 12.9. The zero-order chi connectivity index (χ0) is 18.1. The normalized spacial score (nSPS) is 15.4. The molecule has 0 N–H and O–H groups in total. The molecule has 2 heterocycles. The fourth-order valence-corrected chi connectivity index (χ4v) is 3.39. The molecule has 1 amide bonds. The van der Waals surface area contributed by atoms with Crippen LogP contribution in [0.5, 0.6) is 11.5 Å². The lowest BCUT2D eigenvalue weighted by Crippen LogP contribution is -2.47. The fourth-order valence-electron chi connectivity index (χ4n) is 3.39. The Kier molecular flexibility index (Phi) is 4.39. The molecule has 26 heavy (non-hydrogen) atoms. The van der Waals surface area contributed by atoms with Crippen LogP contribution in [0.15, 0.2) is 54.6 Å². The zero-order valence-electron chi connectivity index (χ0n) is 15.2. The molecule has 1 aromatic heterocycles. The Bertz CT molecular complexity index is 925. The largest absolute Gasteiger partial charge is 0.457 e. The summed E-state index contributed by atoms with van der Waals surface area (Å²) in [6, 6.07) is 17.6. The number of aryl methyl sites for hydroxylation is 1. The Hall–Kier alpha value is -2.79. The van der Waals surface area contributed by atoms with Crippen molar-refractivity contribution in [3.8, 4) is 11.5 Å². The van der Waals surface area contributed by atoms with Gasteiger partial charge in [-0.25, -0.2) is 0 Å². The number of para-hydroxylation sites is 1. The van der Waals surface area contributed by atoms with Gasteiger partial charge in [0, 0.05) is 44.1 Å². The number of rotatable bonds is 3. The highest BCUT2D eigenvalue weighted by Gasteiger charge is 2.23. The Morgan fingerprint density at radius 1 is 0.885 bits per heavy atom. The number of hydrogen-bond donors (Lipinski definition) is 0. The number of likely N-dealkylation sites (N-methyl/N-ethyl adjacent to an activating group) is 1. The van der Waals surface area contributed by atoms with Crippen molar-refractivity contribution in [3.05, 3.63) is 60.3 Å². The summed E-state index contributed by atoms with van der Waals surface area (Å²) in [6.07, 6.45) is 0. The van der Waals surface area contributed by atoms with Crippen LogP contribution < -0.4 is 4.74 Å². The number of fused-ring (bicyclic) bond motifs is 1. The number of carbonyl (C=O) groups is 1. The first kappa shape index (κ1) is 16.7. The minimum atomic E-state index is 0.0994. The minimum absolute atomic E-state index is 0.0994. The van der Waals surface area contributed by atoms with Crippen LogP contribution in [0.25, 0.3) is 10.9 Å². The van der Waals surface area contributed by atoms with Crippen molar-refractivity contribution in [2.24, 2.45) is 7.05 Å². The van der Waals surface area contributed by atoms with Gasteiger partial charge in [0.25, 0.3) is 5.91 Å². The molecule has 1 aliphatic heterocycles. The number of carbonyl (C=O) groups excluding carboxylic acids is 1. The number of piperazine rings is 1. The topological polar surface area (TPSA) is 37.7 Å². The summed E-state index contributed by atoms with van der Waals surface area (Å²) >= 11 is 0. The highest BCUT2D eigenvalue weighted by molar-refractivity contribution is 5.99. The molecular weight excluding hydrogens is 326 g/mol. The van der Waals surface area contributed by atoms with Crippen LogP contribution in [-0.4, -0.2) is 53.5 Å². The van der Waals surface area contributed by atoms with Crippen LogP contribution in [0.2, 0.25) is 0 Å². The Morgan fingerprint density at radius 2 is 1.62 bits per heavy atom. The molecule has 2 aromatic carbocycles. The lowest BCUT2D eigenvalue weighted by Gasteiger charge is -2.32. The van der Waals surface area contributed by atoms with Crippen molar-refractivity contribution in [1.82, 2.24) is 14.4 Å². The van der Waals surface area contributed by atoms with E-state index in [2.05, 4.69) is 11.9 Å². The summed E-state index contributed by atoms with van der Waals surface area (Å²) in [5.41, 5.74) is 1.75. The predicted molar refractivity (Wildman–Crippen MR) is 103 cm³/mol. The summed E-state index contributed by atoms with van der Waals surface area (Å²) in [5.74, 6) is 1.67. The Balaban J connectivity index is 1.61. The van der Waals surface area contributed by atoms with Gasteiger partial charge in [-0.3, -0.25) is 4.79 Å². The van der Waals surface area contributed by atoms with E-state index < -0.39 is 0 Å². The quantitative estimate of drug-likeness (QED) is 0.728. The second-order valence-corrected chi connectivity index (χ2v) is 6.82. The van der Waals surface area contributed by atoms with Gasteiger partial charge in [-0.2, -0.15) is 0 Å². The van der Waals surface area contributed by atoms with E-state index in [0.717, 1.165) is 54.3 Å². The first-order valence-electron chi connectivity index (χ1n) is 8.92. The number of ether oxygens (including phenoxy) is 1. The van der Waals surface area contributed by atoms with Crippen molar-refractivity contribution in [1.29, 1.82) is 0 Å². The van der Waals surface area contributed by atoms with Gasteiger partial charge in [0.1, 0.15) is 17.2 Å². The summed E-state index contributed by atoms with van der Waals surface area (Å²) in [6.45, 7) is 3.40. The van der Waals surface area contributed by atoms with Crippen LogP contribution in [0.4, 0.5) is 0 Å². The predicted octanol–water partition coefficient (Wildman–Crippen LogP) is 3.36. The average molecular weight is 349 g/mol. The highest BCUT2D eigenvalue weighted by atomic mass is 16.5. The van der Waals surface area contributed by atoms with E-state index in [9.17, 15) is 4.79 Å². The van der Waals surface area contributed by atoms with Crippen LogP contribution >= 0.6 is 0 Å². The average Bonchev–Trinajstić information content (AvgIpc) is 2.99. The van der Waals surface area contributed by atoms with E-state index >= 15 is 0 Å². The molecule has 0 radical (unpaired) electrons. The van der Waals surface area contributed by atoms with Crippen LogP contribution in [0, 0.1) is 0 Å². The number of aromatic nitrogens is 1. The lowest BCUT2D eigenvalue weighted by molar-refractivity contribution is 0.0655. The van der Waals surface area contributed by atoms with Gasteiger partial charge < -0.3 is 19.1 Å². The van der Waals surface area contributed by atoms with E-state index in [1.807, 2.05) is 71.1 Å². The van der Waals surface area contributed by atoms with E-state index in [1.165, 1.54) is 0 Å². The number of benzene rings is 2. The zero-order valence-corrected chi connectivity index (χ0v) is 15.2. The van der Waals surface area contributed by atoms with E-state index in [0.29, 0.717) is 0 Å². The SMILES string of the molecule is CN1CCN(C(=O)c2cc3cc(Oc4ccccc4)ccc3n2C)CC1. The smallest absolute Gasteiger partial charge is 0.270 e. The molecule has 0 aliphatic carbocycles. The third kappa shape index (κ3) is 3.18. The summed E-state index contributed by atoms with van der Waals surface area (Å²) in [4.78, 5) is 17.1. The molecule has 0 bridgehead atoms. The standard InChI is InChI=1S/C21H23N3O2/c1-22-10-12-24(13-11-22)21(25)20-15-16-14-18(8-9-19(16)23(20)2)26-17-6-4-3-5-7-17/h3-9,14-15H,10-13H2,1-2H3. The first-order valence-corrected chi connectivity index (χ1v) is 8.92. The highest BCUT2D eigenvalue weighted by Crippen LogP contribution is 2.28. The maximum Gasteiger partial charge on any atom is 0.270 e.